The van der Waals surface area contributed by atoms with Crippen LogP contribution in [0.2, 0.25) is 0 Å². The van der Waals surface area contributed by atoms with Gasteiger partial charge in [0.25, 0.3) is 0 Å². The van der Waals surface area contributed by atoms with Gasteiger partial charge in [0.2, 0.25) is 0 Å². The first-order valence-electron chi connectivity index (χ1n) is 7.92. The molecule has 0 bridgehead atoms. The molecule has 1 N–H and O–H groups in total. The van der Waals surface area contributed by atoms with E-state index < -0.39 is 0 Å². The number of fused-ring (bicyclic) bond motifs is 1. The van der Waals surface area contributed by atoms with Crippen molar-refractivity contribution >= 4 is 0 Å². The third kappa shape index (κ3) is 3.69. The van der Waals surface area contributed by atoms with Crippen LogP contribution in [-0.2, 0) is 0 Å². The van der Waals surface area contributed by atoms with Crippen LogP contribution >= 0.6 is 0 Å². The molecule has 2 rings (SSSR count). The first-order valence-corrected chi connectivity index (χ1v) is 7.92. The van der Waals surface area contributed by atoms with Gasteiger partial charge in [0, 0.05) is 31.2 Å². The average Bonchev–Trinajstić information content (AvgIpc) is 2.76. The summed E-state index contributed by atoms with van der Waals surface area (Å²) in [4.78, 5) is 5.44. The lowest BCUT2D eigenvalue weighted by molar-refractivity contribution is 0.0580. The summed E-state index contributed by atoms with van der Waals surface area (Å²) in [5, 5.41) is 3.50. The Kier molecular flexibility index (Phi) is 5.46. The fraction of sp³-hybridized carbons (Fsp3) is 1.00. The second-order valence-electron chi connectivity index (χ2n) is 6.24. The Morgan fingerprint density at radius 2 is 2.17 bits per heavy atom. The third-order valence-electron chi connectivity index (χ3n) is 4.70. The topological polar surface area (TPSA) is 18.5 Å². The lowest BCUT2D eigenvalue weighted by Gasteiger charge is -2.42. The maximum Gasteiger partial charge on any atom is 0.0224 e. The molecule has 18 heavy (non-hydrogen) atoms. The van der Waals surface area contributed by atoms with Crippen LogP contribution in [0, 0.1) is 0 Å². The number of hydrogen-bond donors (Lipinski definition) is 1. The molecule has 0 radical (unpaired) electrons. The van der Waals surface area contributed by atoms with Gasteiger partial charge in [-0.3, -0.25) is 9.80 Å². The molecule has 2 fully saturated rings. The van der Waals surface area contributed by atoms with E-state index in [1.54, 1.807) is 0 Å². The summed E-state index contributed by atoms with van der Waals surface area (Å²) in [5.74, 6) is 0. The molecule has 0 aliphatic carbocycles. The lowest BCUT2D eigenvalue weighted by atomic mass is 10.1. The second-order valence-corrected chi connectivity index (χ2v) is 6.24. The summed E-state index contributed by atoms with van der Waals surface area (Å²) in [7, 11) is 0. The predicted molar refractivity (Wildman–Crippen MR) is 78.0 cm³/mol. The van der Waals surface area contributed by atoms with Crippen molar-refractivity contribution in [2.24, 2.45) is 0 Å². The van der Waals surface area contributed by atoms with Gasteiger partial charge in [-0.25, -0.2) is 0 Å². The molecule has 2 aliphatic heterocycles. The third-order valence-corrected chi connectivity index (χ3v) is 4.70. The van der Waals surface area contributed by atoms with Crippen LogP contribution in [0.1, 0.15) is 46.5 Å². The fourth-order valence-electron chi connectivity index (χ4n) is 3.61. The van der Waals surface area contributed by atoms with Crippen molar-refractivity contribution in [2.45, 2.75) is 64.6 Å². The maximum absolute atomic E-state index is 3.50. The van der Waals surface area contributed by atoms with E-state index in [4.69, 9.17) is 0 Å². The van der Waals surface area contributed by atoms with E-state index in [1.165, 1.54) is 51.9 Å². The van der Waals surface area contributed by atoms with Crippen molar-refractivity contribution in [2.75, 3.05) is 32.7 Å². The molecule has 0 spiro atoms. The lowest BCUT2D eigenvalue weighted by Crippen LogP contribution is -2.55. The van der Waals surface area contributed by atoms with Gasteiger partial charge in [-0.1, -0.05) is 6.92 Å². The summed E-state index contributed by atoms with van der Waals surface area (Å²) in [6.07, 6.45) is 5.50. The number of hydrogen-bond acceptors (Lipinski definition) is 3. The maximum atomic E-state index is 3.50. The average molecular weight is 253 g/mol. The van der Waals surface area contributed by atoms with Gasteiger partial charge >= 0.3 is 0 Å². The minimum Gasteiger partial charge on any atom is -0.315 e. The molecule has 0 aromatic heterocycles. The predicted octanol–water partition coefficient (Wildman–Crippen LogP) is 1.93. The van der Waals surface area contributed by atoms with E-state index in [-0.39, 0.29) is 0 Å². The molecule has 0 aromatic rings. The summed E-state index contributed by atoms with van der Waals surface area (Å²) >= 11 is 0. The van der Waals surface area contributed by atoms with Crippen LogP contribution in [0.4, 0.5) is 0 Å². The quantitative estimate of drug-likeness (QED) is 0.780. The van der Waals surface area contributed by atoms with E-state index in [0.29, 0.717) is 6.04 Å². The Bertz CT molecular complexity index is 244. The van der Waals surface area contributed by atoms with Crippen molar-refractivity contribution < 1.29 is 0 Å². The van der Waals surface area contributed by atoms with Crippen LogP contribution in [-0.4, -0.2) is 60.6 Å². The highest BCUT2D eigenvalue weighted by Crippen LogP contribution is 2.24. The SMILES string of the molecule is CCNC(C)CCCN1CC2CCCN2CC1C. The smallest absolute Gasteiger partial charge is 0.0224 e. The molecule has 0 amide bonds. The Balaban J connectivity index is 1.69. The fourth-order valence-corrected chi connectivity index (χ4v) is 3.61. The van der Waals surface area contributed by atoms with Crippen LogP contribution in [0.15, 0.2) is 0 Å². The highest BCUT2D eigenvalue weighted by Gasteiger charge is 2.33. The second kappa shape index (κ2) is 6.88. The van der Waals surface area contributed by atoms with Gasteiger partial charge in [0.1, 0.15) is 0 Å². The van der Waals surface area contributed by atoms with E-state index >= 15 is 0 Å². The van der Waals surface area contributed by atoms with Gasteiger partial charge in [0.15, 0.2) is 0 Å². The van der Waals surface area contributed by atoms with Crippen molar-refractivity contribution in [3.63, 3.8) is 0 Å². The van der Waals surface area contributed by atoms with Gasteiger partial charge in [-0.2, -0.15) is 0 Å². The number of rotatable bonds is 6. The summed E-state index contributed by atoms with van der Waals surface area (Å²) < 4.78 is 0. The molecule has 3 heteroatoms. The standard InChI is InChI=1S/C15H31N3/c1-4-16-13(2)7-5-9-17-12-15-8-6-10-18(15)11-14(17)3/h13-16H,4-12H2,1-3H3. The van der Waals surface area contributed by atoms with Gasteiger partial charge < -0.3 is 5.32 Å². The van der Waals surface area contributed by atoms with Crippen molar-refractivity contribution in [1.82, 2.24) is 15.1 Å². The molecule has 3 unspecified atom stereocenters. The first kappa shape index (κ1) is 14.3. The molecule has 3 atom stereocenters. The van der Waals surface area contributed by atoms with E-state index in [2.05, 4.69) is 35.9 Å². The molecule has 2 heterocycles. The molecule has 3 nitrogen and oxygen atoms in total. The Morgan fingerprint density at radius 1 is 1.33 bits per heavy atom. The molecule has 0 saturated carbocycles. The summed E-state index contributed by atoms with van der Waals surface area (Å²) in [6, 6.07) is 2.30. The minimum atomic E-state index is 0.679. The largest absolute Gasteiger partial charge is 0.315 e. The zero-order valence-electron chi connectivity index (χ0n) is 12.5. The summed E-state index contributed by atoms with van der Waals surface area (Å²) in [5.41, 5.74) is 0. The molecule has 2 saturated heterocycles. The molecule has 2 aliphatic rings. The van der Waals surface area contributed by atoms with Crippen LogP contribution in [0.3, 0.4) is 0 Å². The zero-order chi connectivity index (χ0) is 13.0. The highest BCUT2D eigenvalue weighted by molar-refractivity contribution is 4.90. The molecule has 0 aromatic carbocycles. The van der Waals surface area contributed by atoms with Crippen LogP contribution in [0.5, 0.6) is 0 Å². The number of nitrogens with one attached hydrogen (secondary N) is 1. The van der Waals surface area contributed by atoms with Gasteiger partial charge in [0.05, 0.1) is 0 Å². The van der Waals surface area contributed by atoms with E-state index in [0.717, 1.165) is 18.6 Å². The Hall–Kier alpha value is -0.120. The highest BCUT2D eigenvalue weighted by atomic mass is 15.3. The number of nitrogens with zero attached hydrogens (tertiary/aromatic N) is 2. The number of piperazine rings is 1. The van der Waals surface area contributed by atoms with Crippen LogP contribution < -0.4 is 5.32 Å². The molecule has 106 valence electrons. The monoisotopic (exact) mass is 253 g/mol. The summed E-state index contributed by atoms with van der Waals surface area (Å²) in [6.45, 7) is 13.3. The Labute approximate surface area is 113 Å². The zero-order valence-corrected chi connectivity index (χ0v) is 12.5. The van der Waals surface area contributed by atoms with Crippen LogP contribution in [0.25, 0.3) is 0 Å². The van der Waals surface area contributed by atoms with E-state index in [1.807, 2.05) is 0 Å². The Morgan fingerprint density at radius 3 is 2.94 bits per heavy atom. The van der Waals surface area contributed by atoms with Crippen molar-refractivity contribution in [3.05, 3.63) is 0 Å². The van der Waals surface area contributed by atoms with Gasteiger partial charge in [-0.05, 0) is 59.2 Å². The van der Waals surface area contributed by atoms with Crippen molar-refractivity contribution in [1.29, 1.82) is 0 Å². The molecular weight excluding hydrogens is 222 g/mol. The molecular formula is C15H31N3. The normalized spacial score (nSPS) is 31.5. The minimum absolute atomic E-state index is 0.679. The first-order chi connectivity index (χ1) is 8.70. The van der Waals surface area contributed by atoms with Crippen molar-refractivity contribution in [3.8, 4) is 0 Å². The van der Waals surface area contributed by atoms with Gasteiger partial charge in [-0.15, -0.1) is 0 Å². The van der Waals surface area contributed by atoms with E-state index in [9.17, 15) is 0 Å².